The summed E-state index contributed by atoms with van der Waals surface area (Å²) in [5, 5.41) is 7.93. The van der Waals surface area contributed by atoms with Crippen molar-refractivity contribution < 1.29 is 4.74 Å². The summed E-state index contributed by atoms with van der Waals surface area (Å²) < 4.78 is 6.55. The molecule has 1 heterocycles. The second-order valence-electron chi connectivity index (χ2n) is 4.66. The van der Waals surface area contributed by atoms with Crippen molar-refractivity contribution in [3.63, 3.8) is 0 Å². The van der Waals surface area contributed by atoms with Crippen LogP contribution in [0.4, 0.5) is 0 Å². The summed E-state index contributed by atoms with van der Waals surface area (Å²) in [4.78, 5) is 0. The number of halogens is 1. The lowest BCUT2D eigenvalue weighted by molar-refractivity contribution is 0.114. The summed E-state index contributed by atoms with van der Waals surface area (Å²) in [5.74, 6) is 0. The average molecular weight is 356 g/mol. The first-order chi connectivity index (χ1) is 9.65. The normalized spacial score (nSPS) is 18.9. The van der Waals surface area contributed by atoms with E-state index in [1.165, 1.54) is 0 Å². The number of rotatable bonds is 4. The average Bonchev–Trinajstić information content (AvgIpc) is 2.95. The van der Waals surface area contributed by atoms with Gasteiger partial charge in [0.2, 0.25) is 0 Å². The van der Waals surface area contributed by atoms with Gasteiger partial charge in [-0.15, -0.1) is 0 Å². The number of hydrogen-bond acceptors (Lipinski definition) is 3. The van der Waals surface area contributed by atoms with Crippen LogP contribution in [0.25, 0.3) is 0 Å². The van der Waals surface area contributed by atoms with Gasteiger partial charge in [0.15, 0.2) is 5.11 Å². The first-order valence-electron chi connectivity index (χ1n) is 6.61. The fourth-order valence-corrected chi connectivity index (χ4v) is 2.49. The van der Waals surface area contributed by atoms with Crippen LogP contribution in [0.5, 0.6) is 0 Å². The standard InChI is InChI=1S/C14H18BrN3OS/c1-10(11-4-2-5-12(15)8-11)17-18-14(20)16-9-13-6-3-7-19-13/h2,4-5,8,13H,3,6-7,9H2,1H3,(H2,16,18,20)/b17-10-/t13-/m1/s1. The quantitative estimate of drug-likeness (QED) is 0.495. The van der Waals surface area contributed by atoms with Gasteiger partial charge in [-0.3, -0.25) is 5.43 Å². The highest BCUT2D eigenvalue weighted by Crippen LogP contribution is 2.12. The van der Waals surface area contributed by atoms with Crippen LogP contribution in [0.15, 0.2) is 33.8 Å². The second kappa shape index (κ2) is 7.71. The maximum Gasteiger partial charge on any atom is 0.187 e. The van der Waals surface area contributed by atoms with E-state index in [0.717, 1.165) is 41.7 Å². The zero-order chi connectivity index (χ0) is 14.4. The van der Waals surface area contributed by atoms with E-state index in [0.29, 0.717) is 5.11 Å². The Morgan fingerprint density at radius 2 is 2.40 bits per heavy atom. The molecule has 1 aromatic carbocycles. The summed E-state index contributed by atoms with van der Waals surface area (Å²) in [6.45, 7) is 3.53. The Hall–Kier alpha value is -0.980. The second-order valence-corrected chi connectivity index (χ2v) is 5.99. The van der Waals surface area contributed by atoms with Crippen molar-refractivity contribution in [1.29, 1.82) is 0 Å². The van der Waals surface area contributed by atoms with E-state index in [1.54, 1.807) is 0 Å². The number of nitrogens with one attached hydrogen (secondary N) is 2. The van der Waals surface area contributed by atoms with Crippen molar-refractivity contribution in [2.45, 2.75) is 25.9 Å². The molecule has 6 heteroatoms. The molecule has 1 aliphatic rings. The van der Waals surface area contributed by atoms with Crippen molar-refractivity contribution in [3.05, 3.63) is 34.3 Å². The molecule has 0 unspecified atom stereocenters. The third-order valence-electron chi connectivity index (χ3n) is 3.08. The summed E-state index contributed by atoms with van der Waals surface area (Å²) >= 11 is 8.63. The van der Waals surface area contributed by atoms with Crippen LogP contribution in [0, 0.1) is 0 Å². The summed E-state index contributed by atoms with van der Waals surface area (Å²) in [5.41, 5.74) is 4.79. The molecule has 2 rings (SSSR count). The number of benzene rings is 1. The van der Waals surface area contributed by atoms with E-state index in [-0.39, 0.29) is 6.10 Å². The van der Waals surface area contributed by atoms with Gasteiger partial charge in [0.1, 0.15) is 0 Å². The van der Waals surface area contributed by atoms with Gasteiger partial charge < -0.3 is 10.1 Å². The number of nitrogens with zero attached hydrogens (tertiary/aromatic N) is 1. The highest BCUT2D eigenvalue weighted by Gasteiger charge is 2.15. The van der Waals surface area contributed by atoms with Gasteiger partial charge in [-0.25, -0.2) is 0 Å². The number of hydrogen-bond donors (Lipinski definition) is 2. The zero-order valence-electron chi connectivity index (χ0n) is 11.4. The molecule has 0 amide bonds. The third kappa shape index (κ3) is 4.85. The van der Waals surface area contributed by atoms with Crippen molar-refractivity contribution in [3.8, 4) is 0 Å². The van der Waals surface area contributed by atoms with Gasteiger partial charge in [-0.1, -0.05) is 28.1 Å². The minimum Gasteiger partial charge on any atom is -0.376 e. The number of hydrazone groups is 1. The van der Waals surface area contributed by atoms with Crippen molar-refractivity contribution in [2.75, 3.05) is 13.2 Å². The van der Waals surface area contributed by atoms with Crippen LogP contribution >= 0.6 is 28.1 Å². The van der Waals surface area contributed by atoms with E-state index in [1.807, 2.05) is 31.2 Å². The fourth-order valence-electron chi connectivity index (χ4n) is 1.96. The molecule has 2 N–H and O–H groups in total. The molecule has 1 saturated heterocycles. The van der Waals surface area contributed by atoms with Crippen LogP contribution in [0.2, 0.25) is 0 Å². The molecule has 0 saturated carbocycles. The molecule has 20 heavy (non-hydrogen) atoms. The minimum atomic E-state index is 0.268. The largest absolute Gasteiger partial charge is 0.376 e. The van der Waals surface area contributed by atoms with E-state index in [2.05, 4.69) is 31.8 Å². The Bertz CT molecular complexity index is 501. The SMILES string of the molecule is C/C(=N/NC(=S)NC[C@H]1CCCO1)c1cccc(Br)c1. The van der Waals surface area contributed by atoms with Gasteiger partial charge in [-0.2, -0.15) is 5.10 Å². The van der Waals surface area contributed by atoms with Crippen LogP contribution in [0.1, 0.15) is 25.3 Å². The van der Waals surface area contributed by atoms with E-state index in [4.69, 9.17) is 17.0 Å². The first-order valence-corrected chi connectivity index (χ1v) is 7.81. The Labute approximate surface area is 133 Å². The molecule has 4 nitrogen and oxygen atoms in total. The lowest BCUT2D eigenvalue weighted by Gasteiger charge is -2.12. The van der Waals surface area contributed by atoms with E-state index in [9.17, 15) is 0 Å². The van der Waals surface area contributed by atoms with Crippen LogP contribution in [-0.2, 0) is 4.74 Å². The molecule has 0 radical (unpaired) electrons. The lowest BCUT2D eigenvalue weighted by atomic mass is 10.1. The van der Waals surface area contributed by atoms with Gasteiger partial charge in [0, 0.05) is 17.6 Å². The first kappa shape index (κ1) is 15.4. The zero-order valence-corrected chi connectivity index (χ0v) is 13.8. The van der Waals surface area contributed by atoms with Gasteiger partial charge in [0.05, 0.1) is 11.8 Å². The van der Waals surface area contributed by atoms with Gasteiger partial charge >= 0.3 is 0 Å². The summed E-state index contributed by atoms with van der Waals surface area (Å²) in [6.07, 6.45) is 2.49. The Morgan fingerprint density at radius 3 is 3.10 bits per heavy atom. The van der Waals surface area contributed by atoms with E-state index < -0.39 is 0 Å². The fraction of sp³-hybridized carbons (Fsp3) is 0.429. The third-order valence-corrected chi connectivity index (χ3v) is 3.81. The Balaban J connectivity index is 1.80. The monoisotopic (exact) mass is 355 g/mol. The molecular weight excluding hydrogens is 338 g/mol. The van der Waals surface area contributed by atoms with Crippen molar-refractivity contribution in [2.24, 2.45) is 5.10 Å². The molecule has 0 bridgehead atoms. The summed E-state index contributed by atoms with van der Waals surface area (Å²) in [7, 11) is 0. The van der Waals surface area contributed by atoms with Crippen molar-refractivity contribution in [1.82, 2.24) is 10.7 Å². The molecule has 1 fully saturated rings. The van der Waals surface area contributed by atoms with Gasteiger partial charge in [-0.05, 0) is 49.7 Å². The molecule has 0 spiro atoms. The maximum absolute atomic E-state index is 5.52. The lowest BCUT2D eigenvalue weighted by Crippen LogP contribution is -2.37. The van der Waals surface area contributed by atoms with Crippen LogP contribution < -0.4 is 10.7 Å². The molecule has 1 aromatic rings. The van der Waals surface area contributed by atoms with Crippen LogP contribution in [-0.4, -0.2) is 30.1 Å². The predicted octanol–water partition coefficient (Wildman–Crippen LogP) is 2.82. The minimum absolute atomic E-state index is 0.268. The topological polar surface area (TPSA) is 45.7 Å². The Kier molecular flexibility index (Phi) is 5.94. The molecular formula is C14H18BrN3OS. The van der Waals surface area contributed by atoms with Gasteiger partial charge in [0.25, 0.3) is 0 Å². The highest BCUT2D eigenvalue weighted by molar-refractivity contribution is 9.10. The molecule has 108 valence electrons. The maximum atomic E-state index is 5.52. The molecule has 0 aliphatic carbocycles. The molecule has 0 aromatic heterocycles. The van der Waals surface area contributed by atoms with Crippen LogP contribution in [0.3, 0.4) is 0 Å². The molecule has 1 atom stereocenters. The number of thiocarbonyl (C=S) groups is 1. The molecule has 1 aliphatic heterocycles. The van der Waals surface area contributed by atoms with Crippen molar-refractivity contribution >= 4 is 39.0 Å². The summed E-state index contributed by atoms with van der Waals surface area (Å²) in [6, 6.07) is 7.99. The Morgan fingerprint density at radius 1 is 1.55 bits per heavy atom. The number of ether oxygens (including phenoxy) is 1. The van der Waals surface area contributed by atoms with E-state index >= 15 is 0 Å². The predicted molar refractivity (Wildman–Crippen MR) is 89.1 cm³/mol. The highest BCUT2D eigenvalue weighted by atomic mass is 79.9. The smallest absolute Gasteiger partial charge is 0.187 e.